The van der Waals surface area contributed by atoms with Crippen LogP contribution in [-0.2, 0) is 6.18 Å². The van der Waals surface area contributed by atoms with E-state index < -0.39 is 11.9 Å². The van der Waals surface area contributed by atoms with Crippen LogP contribution >= 0.6 is 0 Å². The molecule has 0 unspecified atom stereocenters. The van der Waals surface area contributed by atoms with Gasteiger partial charge in [0.25, 0.3) is 0 Å². The summed E-state index contributed by atoms with van der Waals surface area (Å²) in [5.74, 6) is 0.843. The number of aryl methyl sites for hydroxylation is 1. The highest BCUT2D eigenvalue weighted by atomic mass is 19.4. The zero-order valence-corrected chi connectivity index (χ0v) is 17.3. The van der Waals surface area contributed by atoms with Crippen LogP contribution in [0.5, 0.6) is 0 Å². The van der Waals surface area contributed by atoms with Gasteiger partial charge in [-0.3, -0.25) is 0 Å². The third kappa shape index (κ3) is 5.11. The van der Waals surface area contributed by atoms with E-state index in [-0.39, 0.29) is 5.95 Å². The van der Waals surface area contributed by atoms with Crippen molar-refractivity contribution in [3.05, 3.63) is 60.0 Å². The van der Waals surface area contributed by atoms with Gasteiger partial charge in [-0.1, -0.05) is 6.07 Å². The lowest BCUT2D eigenvalue weighted by atomic mass is 10.0. The summed E-state index contributed by atoms with van der Waals surface area (Å²) < 4.78 is 38.7. The number of halogens is 3. The number of rotatable bonds is 4. The molecule has 6 nitrogen and oxygen atoms in total. The maximum Gasteiger partial charge on any atom is 0.433 e. The molecule has 1 N–H and O–H groups in total. The van der Waals surface area contributed by atoms with Crippen molar-refractivity contribution in [1.29, 1.82) is 0 Å². The second-order valence-electron chi connectivity index (χ2n) is 7.67. The van der Waals surface area contributed by atoms with Gasteiger partial charge in [0.2, 0.25) is 5.95 Å². The van der Waals surface area contributed by atoms with Crippen LogP contribution in [0.25, 0.3) is 11.1 Å². The molecule has 162 valence electrons. The summed E-state index contributed by atoms with van der Waals surface area (Å²) >= 11 is 0. The first-order chi connectivity index (χ1) is 14.8. The zero-order chi connectivity index (χ0) is 22.0. The fourth-order valence-corrected chi connectivity index (χ4v) is 3.51. The van der Waals surface area contributed by atoms with Gasteiger partial charge in [-0.25, -0.2) is 15.0 Å². The van der Waals surface area contributed by atoms with Crippen LogP contribution in [0.1, 0.15) is 11.3 Å². The summed E-state index contributed by atoms with van der Waals surface area (Å²) in [4.78, 5) is 16.7. The van der Waals surface area contributed by atoms with Crippen molar-refractivity contribution in [3.63, 3.8) is 0 Å². The maximum atomic E-state index is 12.9. The molecule has 1 fully saturated rings. The normalized spacial score (nSPS) is 15.2. The zero-order valence-electron chi connectivity index (χ0n) is 17.3. The predicted molar refractivity (Wildman–Crippen MR) is 114 cm³/mol. The number of nitrogens with one attached hydrogen (secondary N) is 1. The fraction of sp³-hybridized carbons (Fsp3) is 0.318. The highest BCUT2D eigenvalue weighted by Gasteiger charge is 2.32. The molecule has 0 atom stereocenters. The van der Waals surface area contributed by atoms with Crippen molar-refractivity contribution in [2.45, 2.75) is 13.1 Å². The number of likely N-dealkylation sites (N-methyl/N-ethyl adjacent to an activating group) is 1. The van der Waals surface area contributed by atoms with Crippen LogP contribution in [0, 0.1) is 6.92 Å². The number of piperazine rings is 1. The molecule has 0 saturated carbocycles. The molecule has 0 amide bonds. The average molecular weight is 428 g/mol. The first kappa shape index (κ1) is 21.0. The number of aromatic nitrogens is 3. The maximum absolute atomic E-state index is 12.9. The Morgan fingerprint density at radius 2 is 1.71 bits per heavy atom. The lowest BCUT2D eigenvalue weighted by molar-refractivity contribution is -0.141. The summed E-state index contributed by atoms with van der Waals surface area (Å²) in [6.07, 6.45) is -1.60. The van der Waals surface area contributed by atoms with Crippen molar-refractivity contribution < 1.29 is 13.2 Å². The summed E-state index contributed by atoms with van der Waals surface area (Å²) in [5.41, 5.74) is 2.41. The van der Waals surface area contributed by atoms with Crippen LogP contribution in [-0.4, -0.2) is 53.1 Å². The van der Waals surface area contributed by atoms with Crippen LogP contribution in [0.15, 0.2) is 48.8 Å². The molecule has 0 spiro atoms. The molecule has 0 radical (unpaired) electrons. The first-order valence-electron chi connectivity index (χ1n) is 9.97. The van der Waals surface area contributed by atoms with E-state index in [9.17, 15) is 13.2 Å². The molecule has 4 rings (SSSR count). The number of anilines is 3. The SMILES string of the molecule is Cc1cc(Nc2nccc(C(F)(F)F)n2)cc(-c2ccc(N3CCN(C)CC3)nc2)c1. The van der Waals surface area contributed by atoms with Gasteiger partial charge in [-0.2, -0.15) is 13.2 Å². The molecule has 2 aromatic heterocycles. The van der Waals surface area contributed by atoms with Crippen molar-refractivity contribution in [2.24, 2.45) is 0 Å². The molecule has 1 aliphatic heterocycles. The van der Waals surface area contributed by atoms with Crippen molar-refractivity contribution in [1.82, 2.24) is 19.9 Å². The minimum absolute atomic E-state index is 0.102. The van der Waals surface area contributed by atoms with Gasteiger partial charge >= 0.3 is 6.18 Å². The van der Waals surface area contributed by atoms with Crippen LogP contribution in [0.2, 0.25) is 0 Å². The number of hydrogen-bond acceptors (Lipinski definition) is 6. The third-order valence-electron chi connectivity index (χ3n) is 5.19. The Balaban J connectivity index is 1.54. The van der Waals surface area contributed by atoms with Gasteiger partial charge < -0.3 is 15.1 Å². The lowest BCUT2D eigenvalue weighted by Crippen LogP contribution is -2.44. The van der Waals surface area contributed by atoms with Gasteiger partial charge in [0.1, 0.15) is 11.5 Å². The molecule has 31 heavy (non-hydrogen) atoms. The van der Waals surface area contributed by atoms with Crippen LogP contribution in [0.3, 0.4) is 0 Å². The molecule has 3 aromatic rings. The summed E-state index contributed by atoms with van der Waals surface area (Å²) in [7, 11) is 2.11. The molecule has 1 aromatic carbocycles. The fourth-order valence-electron chi connectivity index (χ4n) is 3.51. The monoisotopic (exact) mass is 428 g/mol. The average Bonchev–Trinajstić information content (AvgIpc) is 2.74. The van der Waals surface area contributed by atoms with Gasteiger partial charge in [0.15, 0.2) is 0 Å². The topological polar surface area (TPSA) is 57.2 Å². The second-order valence-corrected chi connectivity index (χ2v) is 7.67. The van der Waals surface area contributed by atoms with E-state index in [1.165, 1.54) is 0 Å². The number of pyridine rings is 1. The number of alkyl halides is 3. The Kier molecular flexibility index (Phi) is 5.77. The van der Waals surface area contributed by atoms with E-state index in [0.29, 0.717) is 5.69 Å². The third-order valence-corrected chi connectivity index (χ3v) is 5.19. The van der Waals surface area contributed by atoms with Crippen LogP contribution in [0.4, 0.5) is 30.6 Å². The van der Waals surface area contributed by atoms with Crippen molar-refractivity contribution in [2.75, 3.05) is 43.4 Å². The Hall–Kier alpha value is -3.20. The van der Waals surface area contributed by atoms with E-state index in [2.05, 4.69) is 37.1 Å². The quantitative estimate of drug-likeness (QED) is 0.666. The van der Waals surface area contributed by atoms with Gasteiger partial charge in [0.05, 0.1) is 0 Å². The summed E-state index contributed by atoms with van der Waals surface area (Å²) in [6.45, 7) is 5.83. The second kappa shape index (κ2) is 8.50. The van der Waals surface area contributed by atoms with Crippen LogP contribution < -0.4 is 10.2 Å². The molecular formula is C22H23F3N6. The van der Waals surface area contributed by atoms with Crippen molar-refractivity contribution in [3.8, 4) is 11.1 Å². The summed E-state index contributed by atoms with van der Waals surface area (Å²) in [6, 6.07) is 10.6. The van der Waals surface area contributed by atoms with E-state index >= 15 is 0 Å². The number of nitrogens with zero attached hydrogens (tertiary/aromatic N) is 5. The van der Waals surface area contributed by atoms with Gasteiger partial charge in [-0.05, 0) is 55.4 Å². The summed E-state index contributed by atoms with van der Waals surface area (Å²) in [5, 5.41) is 2.88. The van der Waals surface area contributed by atoms with E-state index in [0.717, 1.165) is 61.0 Å². The molecule has 3 heterocycles. The minimum atomic E-state index is -4.52. The smallest absolute Gasteiger partial charge is 0.354 e. The highest BCUT2D eigenvalue weighted by Crippen LogP contribution is 2.29. The highest BCUT2D eigenvalue weighted by molar-refractivity contribution is 5.71. The standard InChI is InChI=1S/C22H23F3N6/c1-15-11-17(16-3-4-20(27-14-16)31-9-7-30(2)8-10-31)13-18(12-15)28-21-26-6-5-19(29-21)22(23,24)25/h3-6,11-14H,7-10H2,1-2H3,(H,26,28,29). The molecular weight excluding hydrogens is 405 g/mol. The van der Waals surface area contributed by atoms with E-state index in [4.69, 9.17) is 0 Å². The Morgan fingerprint density at radius 3 is 2.39 bits per heavy atom. The number of benzene rings is 1. The number of hydrogen-bond donors (Lipinski definition) is 1. The first-order valence-corrected chi connectivity index (χ1v) is 9.97. The molecule has 0 aliphatic carbocycles. The lowest BCUT2D eigenvalue weighted by Gasteiger charge is -2.33. The molecule has 1 saturated heterocycles. The van der Waals surface area contributed by atoms with E-state index in [1.54, 1.807) is 0 Å². The minimum Gasteiger partial charge on any atom is -0.354 e. The molecule has 0 bridgehead atoms. The Bertz CT molecular complexity index is 1040. The Morgan fingerprint density at radius 1 is 0.935 bits per heavy atom. The van der Waals surface area contributed by atoms with E-state index in [1.807, 2.05) is 43.5 Å². The molecule has 1 aliphatic rings. The van der Waals surface area contributed by atoms with Crippen molar-refractivity contribution >= 4 is 17.5 Å². The van der Waals surface area contributed by atoms with Gasteiger partial charge in [0, 0.05) is 49.8 Å². The van der Waals surface area contributed by atoms with Gasteiger partial charge in [-0.15, -0.1) is 0 Å². The Labute approximate surface area is 178 Å². The largest absolute Gasteiger partial charge is 0.433 e. The predicted octanol–water partition coefficient (Wildman–Crippen LogP) is 4.36. The molecule has 9 heteroatoms.